The van der Waals surface area contributed by atoms with Crippen molar-refractivity contribution in [2.45, 2.75) is 25.7 Å². The summed E-state index contributed by atoms with van der Waals surface area (Å²) >= 11 is 0. The lowest BCUT2D eigenvalue weighted by molar-refractivity contribution is 0.0837. The molecule has 1 N–H and O–H groups in total. The molecule has 1 saturated heterocycles. The summed E-state index contributed by atoms with van der Waals surface area (Å²) in [6, 6.07) is 14.2. The molecule has 1 fully saturated rings. The van der Waals surface area contributed by atoms with Crippen LogP contribution in [-0.2, 0) is 10.0 Å². The van der Waals surface area contributed by atoms with Crippen LogP contribution in [0.2, 0.25) is 0 Å². The van der Waals surface area contributed by atoms with Gasteiger partial charge in [-0.1, -0.05) is 0 Å². The molecule has 8 nitrogen and oxygen atoms in total. The number of likely N-dealkylation sites (tertiary alicyclic amines) is 1. The Hall–Kier alpha value is -3.30. The van der Waals surface area contributed by atoms with Crippen LogP contribution in [0.4, 0.5) is 5.69 Å². The van der Waals surface area contributed by atoms with Gasteiger partial charge in [-0.05, 0) is 87.4 Å². The van der Waals surface area contributed by atoms with Gasteiger partial charge >= 0.3 is 0 Å². The van der Waals surface area contributed by atoms with E-state index in [1.54, 1.807) is 36.8 Å². The summed E-state index contributed by atoms with van der Waals surface area (Å²) in [7, 11) is -3.34. The molecule has 1 aliphatic rings. The highest BCUT2D eigenvalue weighted by molar-refractivity contribution is 7.92. The van der Waals surface area contributed by atoms with Crippen molar-refractivity contribution in [3.63, 3.8) is 0 Å². The summed E-state index contributed by atoms with van der Waals surface area (Å²) in [4.78, 5) is 31.8. The number of carbonyl (C=O) groups is 2. The minimum atomic E-state index is -3.34. The van der Waals surface area contributed by atoms with E-state index >= 15 is 0 Å². The fourth-order valence-electron chi connectivity index (χ4n) is 4.41. The van der Waals surface area contributed by atoms with Crippen molar-refractivity contribution < 1.29 is 18.0 Å². The second-order valence-electron chi connectivity index (χ2n) is 8.98. The number of anilines is 1. The third-order valence-corrected chi connectivity index (χ3v) is 6.91. The maximum absolute atomic E-state index is 12.9. The smallest absolute Gasteiger partial charge is 0.229 e. The molecular formula is C26H30N4O4S. The van der Waals surface area contributed by atoms with Crippen molar-refractivity contribution >= 4 is 27.3 Å². The van der Waals surface area contributed by atoms with Crippen molar-refractivity contribution in [2.24, 2.45) is 5.92 Å². The summed E-state index contributed by atoms with van der Waals surface area (Å²) in [5.74, 6) is 0.210. The van der Waals surface area contributed by atoms with Gasteiger partial charge in [0.1, 0.15) is 0 Å². The first-order chi connectivity index (χ1) is 16.8. The predicted molar refractivity (Wildman–Crippen MR) is 136 cm³/mol. The minimum Gasteiger partial charge on any atom is -0.306 e. The highest BCUT2D eigenvalue weighted by Gasteiger charge is 2.25. The Morgan fingerprint density at radius 3 is 2.26 bits per heavy atom. The average molecular weight is 495 g/mol. The largest absolute Gasteiger partial charge is 0.306 e. The number of nitrogens with zero attached hydrogens (tertiary/aromatic N) is 3. The zero-order valence-electron chi connectivity index (χ0n) is 19.8. The summed E-state index contributed by atoms with van der Waals surface area (Å²) in [5, 5.41) is 0. The van der Waals surface area contributed by atoms with Crippen molar-refractivity contribution in [2.75, 3.05) is 30.6 Å². The Kier molecular flexibility index (Phi) is 7.77. The molecule has 1 aromatic heterocycles. The van der Waals surface area contributed by atoms with Crippen LogP contribution in [-0.4, -0.2) is 60.3 Å². The molecule has 0 aliphatic carbocycles. The number of benzene rings is 2. The quantitative estimate of drug-likeness (QED) is 0.430. The van der Waals surface area contributed by atoms with Crippen LogP contribution < -0.4 is 4.72 Å². The summed E-state index contributed by atoms with van der Waals surface area (Å²) in [6.07, 6.45) is 9.25. The number of rotatable bonds is 10. The number of Topliss-reactive ketones (excluding diaryl/α,β-unsaturated/α-hetero) is 2. The number of nitrogens with one attached hydrogen (secondary N) is 1. The summed E-state index contributed by atoms with van der Waals surface area (Å²) < 4.78 is 27.0. The molecule has 0 bridgehead atoms. The third kappa shape index (κ3) is 6.86. The Morgan fingerprint density at radius 1 is 1.00 bits per heavy atom. The van der Waals surface area contributed by atoms with Crippen LogP contribution in [0.3, 0.4) is 0 Å². The lowest BCUT2D eigenvalue weighted by atomic mass is 9.88. The minimum absolute atomic E-state index is 0.0318. The molecule has 2 heterocycles. The Balaban J connectivity index is 1.19. The molecule has 0 amide bonds. The van der Waals surface area contributed by atoms with Crippen molar-refractivity contribution in [1.82, 2.24) is 14.5 Å². The Morgan fingerprint density at radius 2 is 1.66 bits per heavy atom. The SMILES string of the molecule is CS(=O)(=O)Nc1ccc(C(=O)C2CCN(CCCC(=O)c3ccc(-n4ccnc4)cc3)CC2)cc1. The Bertz CT molecular complexity index is 1250. The molecule has 0 spiro atoms. The van der Waals surface area contributed by atoms with Gasteiger partial charge in [-0.15, -0.1) is 0 Å². The molecule has 3 aromatic rings. The first-order valence-electron chi connectivity index (χ1n) is 11.7. The molecule has 4 rings (SSSR count). The number of sulfonamides is 1. The van der Waals surface area contributed by atoms with E-state index in [1.807, 2.05) is 35.0 Å². The molecule has 1 aliphatic heterocycles. The van der Waals surface area contributed by atoms with Gasteiger partial charge < -0.3 is 9.47 Å². The standard InChI is InChI=1S/C26H30N4O4S/c1-35(33,34)28-23-8-4-21(5-9-23)26(32)22-12-16-29(17-13-22)15-2-3-25(31)20-6-10-24(11-7-20)30-18-14-27-19-30/h4-11,14,18-19,22,28H,2-3,12-13,15-17H2,1H3. The second kappa shape index (κ2) is 11.0. The number of aromatic nitrogens is 2. The zero-order valence-corrected chi connectivity index (χ0v) is 20.6. The monoisotopic (exact) mass is 494 g/mol. The zero-order chi connectivity index (χ0) is 24.8. The normalized spacial score (nSPS) is 15.1. The highest BCUT2D eigenvalue weighted by Crippen LogP contribution is 2.23. The van der Waals surface area contributed by atoms with E-state index in [1.165, 1.54) is 0 Å². The molecule has 2 aromatic carbocycles. The first kappa shape index (κ1) is 24.8. The predicted octanol–water partition coefficient (Wildman–Crippen LogP) is 3.80. The first-order valence-corrected chi connectivity index (χ1v) is 13.6. The molecule has 9 heteroatoms. The van der Waals surface area contributed by atoms with Crippen LogP contribution in [0.25, 0.3) is 5.69 Å². The molecule has 0 saturated carbocycles. The fraction of sp³-hybridized carbons (Fsp3) is 0.346. The molecule has 0 radical (unpaired) electrons. The number of carbonyl (C=O) groups excluding carboxylic acids is 2. The van der Waals surface area contributed by atoms with E-state index in [2.05, 4.69) is 14.6 Å². The van der Waals surface area contributed by atoms with Gasteiger partial charge in [-0.25, -0.2) is 13.4 Å². The molecule has 35 heavy (non-hydrogen) atoms. The highest BCUT2D eigenvalue weighted by atomic mass is 32.2. The summed E-state index contributed by atoms with van der Waals surface area (Å²) in [5.41, 5.74) is 2.74. The second-order valence-corrected chi connectivity index (χ2v) is 10.7. The van der Waals surface area contributed by atoms with E-state index in [0.717, 1.165) is 56.4 Å². The van der Waals surface area contributed by atoms with E-state index in [-0.39, 0.29) is 17.5 Å². The van der Waals surface area contributed by atoms with Crippen molar-refractivity contribution in [3.05, 3.63) is 78.4 Å². The van der Waals surface area contributed by atoms with E-state index < -0.39 is 10.0 Å². The van der Waals surface area contributed by atoms with Gasteiger partial charge in [0.2, 0.25) is 10.0 Å². The summed E-state index contributed by atoms with van der Waals surface area (Å²) in [6.45, 7) is 2.50. The van der Waals surface area contributed by atoms with Crippen LogP contribution in [0.5, 0.6) is 0 Å². The number of piperidine rings is 1. The van der Waals surface area contributed by atoms with Gasteiger partial charge in [0.25, 0.3) is 0 Å². The fourth-order valence-corrected chi connectivity index (χ4v) is 4.97. The van der Waals surface area contributed by atoms with Crippen LogP contribution in [0, 0.1) is 5.92 Å². The number of ketones is 2. The van der Waals surface area contributed by atoms with Gasteiger partial charge in [-0.3, -0.25) is 14.3 Å². The average Bonchev–Trinajstić information content (AvgIpc) is 3.39. The molecular weight excluding hydrogens is 464 g/mol. The third-order valence-electron chi connectivity index (χ3n) is 6.30. The maximum Gasteiger partial charge on any atom is 0.229 e. The topological polar surface area (TPSA) is 101 Å². The van der Waals surface area contributed by atoms with E-state index in [9.17, 15) is 18.0 Å². The molecule has 0 unspecified atom stereocenters. The number of hydrogen-bond acceptors (Lipinski definition) is 6. The van der Waals surface area contributed by atoms with Gasteiger partial charge in [-0.2, -0.15) is 0 Å². The lowest BCUT2D eigenvalue weighted by Crippen LogP contribution is -2.37. The van der Waals surface area contributed by atoms with Crippen LogP contribution in [0.1, 0.15) is 46.4 Å². The van der Waals surface area contributed by atoms with Crippen LogP contribution >= 0.6 is 0 Å². The van der Waals surface area contributed by atoms with Gasteiger partial charge in [0.15, 0.2) is 11.6 Å². The lowest BCUT2D eigenvalue weighted by Gasteiger charge is -2.31. The van der Waals surface area contributed by atoms with Gasteiger partial charge in [0.05, 0.1) is 12.6 Å². The van der Waals surface area contributed by atoms with Crippen molar-refractivity contribution in [1.29, 1.82) is 0 Å². The van der Waals surface area contributed by atoms with E-state index in [0.29, 0.717) is 17.7 Å². The molecule has 184 valence electrons. The Labute approximate surface area is 206 Å². The number of imidazole rings is 1. The van der Waals surface area contributed by atoms with Crippen molar-refractivity contribution in [3.8, 4) is 5.69 Å². The van der Waals surface area contributed by atoms with Crippen LogP contribution in [0.15, 0.2) is 67.3 Å². The van der Waals surface area contributed by atoms with Gasteiger partial charge in [0, 0.05) is 47.2 Å². The van der Waals surface area contributed by atoms with E-state index in [4.69, 9.17) is 0 Å². The number of hydrogen-bond donors (Lipinski definition) is 1. The molecule has 0 atom stereocenters. The maximum atomic E-state index is 12.9.